The minimum absolute atomic E-state index is 0.0148. The van der Waals surface area contributed by atoms with E-state index in [0.717, 1.165) is 25.3 Å². The van der Waals surface area contributed by atoms with E-state index < -0.39 is 11.7 Å². The smallest absolute Gasteiger partial charge is 0.339 e. The zero-order valence-corrected chi connectivity index (χ0v) is 18.9. The van der Waals surface area contributed by atoms with Crippen molar-refractivity contribution < 1.29 is 22.8 Å². The molecule has 2 aliphatic rings. The average molecular weight is 456 g/mol. The molecule has 6 heteroatoms. The van der Waals surface area contributed by atoms with Gasteiger partial charge in [-0.3, -0.25) is 4.79 Å². The van der Waals surface area contributed by atoms with E-state index in [9.17, 15) is 22.8 Å². The van der Waals surface area contributed by atoms with Gasteiger partial charge in [0, 0.05) is 25.6 Å². The third kappa shape index (κ3) is 4.75. The molecule has 1 heterocycles. The molecule has 1 unspecified atom stereocenters. The van der Waals surface area contributed by atoms with E-state index in [-0.39, 0.29) is 28.6 Å². The first-order chi connectivity index (χ1) is 15.6. The second kappa shape index (κ2) is 8.81. The van der Waals surface area contributed by atoms with Gasteiger partial charge in [0.05, 0.1) is 5.56 Å². The Kier molecular flexibility index (Phi) is 6.21. The van der Waals surface area contributed by atoms with Crippen LogP contribution in [0.25, 0.3) is 6.08 Å². The molecule has 0 aromatic heterocycles. The van der Waals surface area contributed by atoms with E-state index in [1.54, 1.807) is 11.8 Å². The van der Waals surface area contributed by atoms with Crippen LogP contribution in [0.1, 0.15) is 66.3 Å². The molecule has 1 atom stereocenters. The van der Waals surface area contributed by atoms with Crippen LogP contribution in [-0.2, 0) is 21.2 Å². The van der Waals surface area contributed by atoms with Gasteiger partial charge in [-0.2, -0.15) is 13.2 Å². The largest absolute Gasteiger partial charge is 0.416 e. The fourth-order valence-electron chi connectivity index (χ4n) is 5.52. The van der Waals surface area contributed by atoms with Crippen molar-refractivity contribution in [2.24, 2.45) is 0 Å². The number of piperidine rings is 1. The Bertz CT molecular complexity index is 1090. The van der Waals surface area contributed by atoms with Gasteiger partial charge in [-0.05, 0) is 73.3 Å². The van der Waals surface area contributed by atoms with Crippen LogP contribution in [0.3, 0.4) is 0 Å². The van der Waals surface area contributed by atoms with Crippen LogP contribution in [0, 0.1) is 6.92 Å². The van der Waals surface area contributed by atoms with Gasteiger partial charge in [0.1, 0.15) is 5.78 Å². The summed E-state index contributed by atoms with van der Waals surface area (Å²) >= 11 is 0. The number of aryl methyl sites for hydroxylation is 1. The highest BCUT2D eigenvalue weighted by molar-refractivity contribution is 5.92. The first-order valence-corrected chi connectivity index (χ1v) is 11.3. The first-order valence-electron chi connectivity index (χ1n) is 11.3. The number of fused-ring (bicyclic) bond motifs is 2. The van der Waals surface area contributed by atoms with Crippen LogP contribution in [0.15, 0.2) is 48.5 Å². The summed E-state index contributed by atoms with van der Waals surface area (Å²) in [5.41, 5.74) is 2.91. The SMILES string of the molecule is CC(=O)CC1CC2(CCN(C(=O)/C=C/c3ccccc3C(F)(F)F)CC2)c2ccc(C)cc21. The minimum atomic E-state index is -4.47. The molecule has 0 saturated carbocycles. The molecule has 1 fully saturated rings. The van der Waals surface area contributed by atoms with Crippen LogP contribution in [-0.4, -0.2) is 29.7 Å². The summed E-state index contributed by atoms with van der Waals surface area (Å²) in [6.07, 6.45) is 1.04. The number of nitrogens with zero attached hydrogens (tertiary/aromatic N) is 1. The molecule has 1 spiro atoms. The standard InChI is InChI=1S/C27H28F3NO2/c1-18-7-9-24-22(15-18)21(16-19(2)32)17-26(24)11-13-31(14-12-26)25(33)10-8-20-5-3-4-6-23(20)27(28,29)30/h3-10,15,21H,11-14,16-17H2,1-2H3/b10-8+. The van der Waals surface area contributed by atoms with Crippen LogP contribution in [0.2, 0.25) is 0 Å². The molecule has 0 radical (unpaired) electrons. The molecule has 1 aliphatic heterocycles. The Morgan fingerprint density at radius 1 is 1.12 bits per heavy atom. The summed E-state index contributed by atoms with van der Waals surface area (Å²) in [5, 5.41) is 0. The van der Waals surface area contributed by atoms with Gasteiger partial charge in [-0.15, -0.1) is 0 Å². The predicted octanol–water partition coefficient (Wildman–Crippen LogP) is 6.05. The number of halogens is 3. The van der Waals surface area contributed by atoms with E-state index in [0.29, 0.717) is 19.5 Å². The number of likely N-dealkylation sites (tertiary alicyclic amines) is 1. The van der Waals surface area contributed by atoms with Gasteiger partial charge >= 0.3 is 6.18 Å². The molecule has 1 aliphatic carbocycles. The Morgan fingerprint density at radius 3 is 2.48 bits per heavy atom. The lowest BCUT2D eigenvalue weighted by molar-refractivity contribution is -0.137. The number of hydrogen-bond acceptors (Lipinski definition) is 2. The van der Waals surface area contributed by atoms with Crippen molar-refractivity contribution in [1.82, 2.24) is 4.90 Å². The molecule has 1 saturated heterocycles. The molecule has 0 bridgehead atoms. The minimum Gasteiger partial charge on any atom is -0.339 e. The molecular formula is C27H28F3NO2. The summed E-state index contributed by atoms with van der Waals surface area (Å²) in [5.74, 6) is 0.115. The van der Waals surface area contributed by atoms with Crippen molar-refractivity contribution in [3.63, 3.8) is 0 Å². The first kappa shape index (κ1) is 23.3. The van der Waals surface area contributed by atoms with E-state index in [1.807, 2.05) is 0 Å². The quantitative estimate of drug-likeness (QED) is 0.526. The number of Topliss-reactive ketones (excluding diaryl/α,β-unsaturated/α-hetero) is 1. The number of carbonyl (C=O) groups excluding carboxylic acids is 2. The van der Waals surface area contributed by atoms with Gasteiger partial charge in [0.25, 0.3) is 0 Å². The summed E-state index contributed by atoms with van der Waals surface area (Å²) in [4.78, 5) is 26.3. The number of ketones is 1. The van der Waals surface area contributed by atoms with Gasteiger partial charge in [0.15, 0.2) is 0 Å². The predicted molar refractivity (Wildman–Crippen MR) is 122 cm³/mol. The van der Waals surface area contributed by atoms with Crippen LogP contribution in [0.4, 0.5) is 13.2 Å². The molecule has 0 N–H and O–H groups in total. The number of alkyl halides is 3. The monoisotopic (exact) mass is 455 g/mol. The molecule has 174 valence electrons. The van der Waals surface area contributed by atoms with E-state index in [4.69, 9.17) is 0 Å². The maximum absolute atomic E-state index is 13.2. The zero-order chi connectivity index (χ0) is 23.8. The summed E-state index contributed by atoms with van der Waals surface area (Å²) in [6.45, 7) is 4.78. The van der Waals surface area contributed by atoms with Crippen LogP contribution in [0.5, 0.6) is 0 Å². The molecule has 4 rings (SSSR count). The Morgan fingerprint density at radius 2 is 1.82 bits per heavy atom. The molecule has 1 amide bonds. The Hall–Kier alpha value is -2.89. The molecular weight excluding hydrogens is 427 g/mol. The number of benzene rings is 2. The lowest BCUT2D eigenvalue weighted by Crippen LogP contribution is -2.43. The summed E-state index contributed by atoms with van der Waals surface area (Å²) in [7, 11) is 0. The van der Waals surface area contributed by atoms with Gasteiger partial charge in [-0.1, -0.05) is 42.0 Å². The van der Waals surface area contributed by atoms with Crippen molar-refractivity contribution in [3.05, 3.63) is 76.4 Å². The molecule has 2 aromatic carbocycles. The highest BCUT2D eigenvalue weighted by Crippen LogP contribution is 2.53. The molecule has 3 nitrogen and oxygen atoms in total. The van der Waals surface area contributed by atoms with Crippen LogP contribution >= 0.6 is 0 Å². The highest BCUT2D eigenvalue weighted by atomic mass is 19.4. The maximum atomic E-state index is 13.2. The Balaban J connectivity index is 1.48. The fraction of sp³-hybridized carbons (Fsp3) is 0.407. The van der Waals surface area contributed by atoms with Crippen molar-refractivity contribution >= 4 is 17.8 Å². The van der Waals surface area contributed by atoms with E-state index in [1.165, 1.54) is 47.0 Å². The number of amides is 1. The zero-order valence-electron chi connectivity index (χ0n) is 18.9. The number of rotatable bonds is 4. The van der Waals surface area contributed by atoms with Crippen molar-refractivity contribution in [2.75, 3.05) is 13.1 Å². The lowest BCUT2D eigenvalue weighted by Gasteiger charge is -2.40. The average Bonchev–Trinajstić information content (AvgIpc) is 3.03. The second-order valence-electron chi connectivity index (χ2n) is 9.42. The normalized spacial score (nSPS) is 19.8. The molecule has 2 aromatic rings. The van der Waals surface area contributed by atoms with Crippen molar-refractivity contribution in [2.45, 2.75) is 57.0 Å². The highest BCUT2D eigenvalue weighted by Gasteiger charge is 2.46. The van der Waals surface area contributed by atoms with Crippen LogP contribution < -0.4 is 0 Å². The fourth-order valence-corrected chi connectivity index (χ4v) is 5.52. The third-order valence-electron chi connectivity index (χ3n) is 7.09. The number of hydrogen-bond donors (Lipinski definition) is 0. The third-order valence-corrected chi connectivity index (χ3v) is 7.09. The molecule has 33 heavy (non-hydrogen) atoms. The maximum Gasteiger partial charge on any atom is 0.416 e. The van der Waals surface area contributed by atoms with Gasteiger partial charge < -0.3 is 9.69 Å². The van der Waals surface area contributed by atoms with Gasteiger partial charge in [0.2, 0.25) is 5.91 Å². The lowest BCUT2D eigenvalue weighted by atomic mass is 9.73. The van der Waals surface area contributed by atoms with Crippen molar-refractivity contribution in [1.29, 1.82) is 0 Å². The van der Waals surface area contributed by atoms with E-state index in [2.05, 4.69) is 25.1 Å². The number of carbonyl (C=O) groups is 2. The van der Waals surface area contributed by atoms with Crippen molar-refractivity contribution in [3.8, 4) is 0 Å². The topological polar surface area (TPSA) is 37.4 Å². The summed E-state index contributed by atoms with van der Waals surface area (Å²) < 4.78 is 39.6. The summed E-state index contributed by atoms with van der Waals surface area (Å²) in [6, 6.07) is 11.7. The Labute approximate surface area is 192 Å². The van der Waals surface area contributed by atoms with E-state index >= 15 is 0 Å². The second-order valence-corrected chi connectivity index (χ2v) is 9.42. The van der Waals surface area contributed by atoms with Gasteiger partial charge in [-0.25, -0.2) is 0 Å².